The molecule has 2 rings (SSSR count). The summed E-state index contributed by atoms with van der Waals surface area (Å²) in [4.78, 5) is 11.5. The van der Waals surface area contributed by atoms with Gasteiger partial charge in [0, 0.05) is 25.7 Å². The van der Waals surface area contributed by atoms with Crippen LogP contribution in [0.4, 0.5) is 5.69 Å². The number of carbonyl (C=O) groups is 1. The summed E-state index contributed by atoms with van der Waals surface area (Å²) in [6, 6.07) is 14.2. The van der Waals surface area contributed by atoms with E-state index in [0.717, 1.165) is 11.1 Å². The lowest BCUT2D eigenvalue weighted by atomic mass is 10.2. The van der Waals surface area contributed by atoms with Crippen LogP contribution in [0.25, 0.3) is 0 Å². The number of nitrogens with zero attached hydrogens (tertiary/aromatic N) is 1. The van der Waals surface area contributed by atoms with Crippen LogP contribution in [-0.4, -0.2) is 31.7 Å². The van der Waals surface area contributed by atoms with E-state index < -0.39 is 10.0 Å². The minimum atomic E-state index is -3.72. The van der Waals surface area contributed by atoms with Crippen molar-refractivity contribution >= 4 is 21.6 Å². The molecular formula is C19H25N3O3S. The van der Waals surface area contributed by atoms with Gasteiger partial charge in [0.15, 0.2) is 0 Å². The molecule has 2 aromatic carbocycles. The van der Waals surface area contributed by atoms with Gasteiger partial charge in [-0.05, 0) is 43.1 Å². The molecule has 26 heavy (non-hydrogen) atoms. The average molecular weight is 375 g/mol. The topological polar surface area (TPSA) is 92.5 Å². The first kappa shape index (κ1) is 20.1. The molecule has 0 saturated carbocycles. The Labute approximate surface area is 155 Å². The lowest BCUT2D eigenvalue weighted by molar-refractivity contribution is -0.114. The molecule has 0 saturated heterocycles. The molecule has 140 valence electrons. The van der Waals surface area contributed by atoms with Gasteiger partial charge < -0.3 is 11.1 Å². The number of sulfonamides is 1. The second-order valence-corrected chi connectivity index (χ2v) is 8.06. The van der Waals surface area contributed by atoms with Gasteiger partial charge in [-0.3, -0.25) is 4.79 Å². The van der Waals surface area contributed by atoms with Crippen LogP contribution in [0.3, 0.4) is 0 Å². The van der Waals surface area contributed by atoms with Gasteiger partial charge in [0.25, 0.3) is 0 Å². The highest BCUT2D eigenvalue weighted by Crippen LogP contribution is 2.24. The molecule has 2 aromatic rings. The van der Waals surface area contributed by atoms with Crippen LogP contribution >= 0.6 is 0 Å². The highest BCUT2D eigenvalue weighted by Gasteiger charge is 2.25. The first-order valence-corrected chi connectivity index (χ1v) is 9.91. The van der Waals surface area contributed by atoms with E-state index >= 15 is 0 Å². The number of amides is 1. The third-order valence-corrected chi connectivity index (χ3v) is 5.81. The van der Waals surface area contributed by atoms with Crippen molar-refractivity contribution in [2.75, 3.05) is 18.4 Å². The Morgan fingerprint density at radius 3 is 2.46 bits per heavy atom. The molecular weight excluding hydrogens is 350 g/mol. The summed E-state index contributed by atoms with van der Waals surface area (Å²) in [6.07, 6.45) is 0.566. The summed E-state index contributed by atoms with van der Waals surface area (Å²) in [7, 11) is -3.72. The number of anilines is 1. The van der Waals surface area contributed by atoms with E-state index in [1.807, 2.05) is 37.3 Å². The van der Waals surface area contributed by atoms with Crippen molar-refractivity contribution < 1.29 is 13.2 Å². The lowest BCUT2D eigenvalue weighted by Gasteiger charge is -2.23. The maximum Gasteiger partial charge on any atom is 0.243 e. The monoisotopic (exact) mass is 375 g/mol. The minimum absolute atomic E-state index is 0.153. The Bertz CT molecular complexity index is 852. The van der Waals surface area contributed by atoms with E-state index in [1.54, 1.807) is 12.1 Å². The summed E-state index contributed by atoms with van der Waals surface area (Å²) in [5.74, 6) is -0.244. The van der Waals surface area contributed by atoms with Crippen molar-refractivity contribution in [2.24, 2.45) is 5.73 Å². The molecule has 7 heteroatoms. The van der Waals surface area contributed by atoms with E-state index in [2.05, 4.69) is 5.32 Å². The zero-order chi connectivity index (χ0) is 19.2. The third kappa shape index (κ3) is 5.14. The van der Waals surface area contributed by atoms with Crippen LogP contribution < -0.4 is 11.1 Å². The highest BCUT2D eigenvalue weighted by atomic mass is 32.2. The Hall–Kier alpha value is -2.22. The summed E-state index contributed by atoms with van der Waals surface area (Å²) in [5.41, 5.74) is 7.79. The molecule has 0 spiro atoms. The zero-order valence-electron chi connectivity index (χ0n) is 15.1. The predicted octanol–water partition coefficient (Wildman–Crippen LogP) is 2.49. The molecule has 0 aromatic heterocycles. The SMILES string of the molecule is CC(=O)Nc1cc(S(=O)(=O)N(CCCN)Cc2ccccc2)ccc1C. The first-order chi connectivity index (χ1) is 12.3. The normalized spacial score (nSPS) is 11.5. The van der Waals surface area contributed by atoms with Crippen LogP contribution in [0.1, 0.15) is 24.5 Å². The highest BCUT2D eigenvalue weighted by molar-refractivity contribution is 7.89. The predicted molar refractivity (Wildman–Crippen MR) is 103 cm³/mol. The summed E-state index contributed by atoms with van der Waals surface area (Å²) < 4.78 is 27.8. The van der Waals surface area contributed by atoms with Crippen molar-refractivity contribution in [1.29, 1.82) is 0 Å². The molecule has 0 aliphatic carbocycles. The molecule has 0 radical (unpaired) electrons. The second-order valence-electron chi connectivity index (χ2n) is 6.12. The van der Waals surface area contributed by atoms with Crippen LogP contribution in [-0.2, 0) is 21.4 Å². The van der Waals surface area contributed by atoms with Crippen molar-refractivity contribution in [1.82, 2.24) is 4.31 Å². The summed E-state index contributed by atoms with van der Waals surface area (Å²) >= 11 is 0. The standard InChI is InChI=1S/C19H25N3O3S/c1-15-9-10-18(13-19(15)21-16(2)23)26(24,25)22(12-6-11-20)14-17-7-4-3-5-8-17/h3-5,7-10,13H,6,11-12,14,20H2,1-2H3,(H,21,23). The van der Waals surface area contributed by atoms with Gasteiger partial charge in [0.2, 0.25) is 15.9 Å². The van der Waals surface area contributed by atoms with E-state index in [4.69, 9.17) is 5.73 Å². The van der Waals surface area contributed by atoms with Crippen molar-refractivity contribution in [3.63, 3.8) is 0 Å². The van der Waals surface area contributed by atoms with Gasteiger partial charge in [0.1, 0.15) is 0 Å². The molecule has 0 aliphatic rings. The quantitative estimate of drug-likeness (QED) is 0.741. The van der Waals surface area contributed by atoms with Crippen molar-refractivity contribution in [2.45, 2.75) is 31.7 Å². The molecule has 0 unspecified atom stereocenters. The number of benzene rings is 2. The number of aryl methyl sites for hydroxylation is 1. The Morgan fingerprint density at radius 1 is 1.15 bits per heavy atom. The number of nitrogens with one attached hydrogen (secondary N) is 1. The van der Waals surface area contributed by atoms with Crippen LogP contribution in [0.2, 0.25) is 0 Å². The fourth-order valence-corrected chi connectivity index (χ4v) is 4.07. The van der Waals surface area contributed by atoms with Crippen molar-refractivity contribution in [3.8, 4) is 0 Å². The second kappa shape index (κ2) is 8.93. The zero-order valence-corrected chi connectivity index (χ0v) is 15.9. The van der Waals surface area contributed by atoms with Gasteiger partial charge in [-0.2, -0.15) is 4.31 Å². The molecule has 0 atom stereocenters. The molecule has 0 bridgehead atoms. The number of carbonyl (C=O) groups excluding carboxylic acids is 1. The first-order valence-electron chi connectivity index (χ1n) is 8.47. The molecule has 0 fully saturated rings. The maximum absolute atomic E-state index is 13.2. The lowest BCUT2D eigenvalue weighted by Crippen LogP contribution is -2.32. The Morgan fingerprint density at radius 2 is 1.85 bits per heavy atom. The Balaban J connectivity index is 2.37. The minimum Gasteiger partial charge on any atom is -0.330 e. The summed E-state index contributed by atoms with van der Waals surface area (Å²) in [5, 5.41) is 2.68. The molecule has 3 N–H and O–H groups in total. The van der Waals surface area contributed by atoms with E-state index in [9.17, 15) is 13.2 Å². The summed E-state index contributed by atoms with van der Waals surface area (Å²) in [6.45, 7) is 4.22. The van der Waals surface area contributed by atoms with E-state index in [-0.39, 0.29) is 17.3 Å². The number of nitrogens with two attached hydrogens (primary N) is 1. The van der Waals surface area contributed by atoms with Gasteiger partial charge in [-0.25, -0.2) is 8.42 Å². The van der Waals surface area contributed by atoms with Gasteiger partial charge in [0.05, 0.1) is 4.90 Å². The third-order valence-electron chi connectivity index (χ3n) is 3.97. The molecule has 1 amide bonds. The van der Waals surface area contributed by atoms with E-state index in [1.165, 1.54) is 17.3 Å². The Kier molecular flexibility index (Phi) is 6.90. The molecule has 6 nitrogen and oxygen atoms in total. The van der Waals surface area contributed by atoms with Gasteiger partial charge >= 0.3 is 0 Å². The van der Waals surface area contributed by atoms with Crippen LogP contribution in [0, 0.1) is 6.92 Å². The number of hydrogen-bond acceptors (Lipinski definition) is 4. The average Bonchev–Trinajstić information content (AvgIpc) is 2.60. The molecule has 0 heterocycles. The smallest absolute Gasteiger partial charge is 0.243 e. The van der Waals surface area contributed by atoms with Gasteiger partial charge in [-0.15, -0.1) is 0 Å². The largest absolute Gasteiger partial charge is 0.330 e. The number of hydrogen-bond donors (Lipinski definition) is 2. The maximum atomic E-state index is 13.2. The fraction of sp³-hybridized carbons (Fsp3) is 0.316. The fourth-order valence-electron chi connectivity index (χ4n) is 2.57. The van der Waals surface area contributed by atoms with Crippen LogP contribution in [0.5, 0.6) is 0 Å². The van der Waals surface area contributed by atoms with Gasteiger partial charge in [-0.1, -0.05) is 36.4 Å². The van der Waals surface area contributed by atoms with E-state index in [0.29, 0.717) is 25.2 Å². The van der Waals surface area contributed by atoms with Crippen molar-refractivity contribution in [3.05, 3.63) is 59.7 Å². The molecule has 0 aliphatic heterocycles. The number of rotatable bonds is 8. The van der Waals surface area contributed by atoms with Crippen LogP contribution in [0.15, 0.2) is 53.4 Å².